The highest BCUT2D eigenvalue weighted by atomic mass is 16.5. The number of nitrogens with two attached hydrogens (primary N) is 1. The zero-order valence-corrected chi connectivity index (χ0v) is 13.5. The van der Waals surface area contributed by atoms with Gasteiger partial charge in [0.25, 0.3) is 0 Å². The summed E-state index contributed by atoms with van der Waals surface area (Å²) in [5, 5.41) is 0. The molecule has 0 saturated carbocycles. The minimum absolute atomic E-state index is 0.350. The van der Waals surface area contributed by atoms with Crippen LogP contribution in [0.5, 0.6) is 5.75 Å². The lowest BCUT2D eigenvalue weighted by Crippen LogP contribution is -2.35. The largest absolute Gasteiger partial charge is 0.496 e. The van der Waals surface area contributed by atoms with Crippen LogP contribution >= 0.6 is 0 Å². The smallest absolute Gasteiger partial charge is 0.123 e. The van der Waals surface area contributed by atoms with E-state index >= 15 is 0 Å². The van der Waals surface area contributed by atoms with Gasteiger partial charge in [-0.1, -0.05) is 18.8 Å². The molecule has 0 radical (unpaired) electrons. The van der Waals surface area contributed by atoms with Gasteiger partial charge in [0.15, 0.2) is 0 Å². The molecule has 0 aromatic heterocycles. The Balaban J connectivity index is 2.97. The highest BCUT2D eigenvalue weighted by Crippen LogP contribution is 2.22. The lowest BCUT2D eigenvalue weighted by molar-refractivity contribution is 0.0976. The molecule has 0 heterocycles. The second kappa shape index (κ2) is 9.41. The lowest BCUT2D eigenvalue weighted by atomic mass is 10.1. The Morgan fingerprint density at radius 1 is 1.33 bits per heavy atom. The standard InChI is InChI=1S/C17H26N2O2/c1-5-19(14(2)13-20-3)12-16-11-15(7-6-10-18)8-9-17(16)21-4/h8-9,11,14H,5,10,12-13,18H2,1-4H3. The minimum atomic E-state index is 0.350. The SMILES string of the molecule is CCN(Cc1cc(C#CCN)ccc1OC)C(C)COC. The molecule has 116 valence electrons. The second-order valence-electron chi connectivity index (χ2n) is 4.90. The van der Waals surface area contributed by atoms with Crippen LogP contribution in [0.2, 0.25) is 0 Å². The van der Waals surface area contributed by atoms with Crippen LogP contribution in [0.3, 0.4) is 0 Å². The number of ether oxygens (including phenoxy) is 2. The van der Waals surface area contributed by atoms with Gasteiger partial charge in [0.1, 0.15) is 5.75 Å². The molecule has 0 fully saturated rings. The first kappa shape index (κ1) is 17.5. The van der Waals surface area contributed by atoms with Crippen molar-refractivity contribution in [3.8, 4) is 17.6 Å². The molecular weight excluding hydrogens is 264 g/mol. The van der Waals surface area contributed by atoms with Crippen LogP contribution in [0.4, 0.5) is 0 Å². The molecule has 0 aliphatic carbocycles. The Hall–Kier alpha value is -1.54. The van der Waals surface area contributed by atoms with Gasteiger partial charge in [0, 0.05) is 30.8 Å². The lowest BCUT2D eigenvalue weighted by Gasteiger charge is -2.28. The van der Waals surface area contributed by atoms with Crippen molar-refractivity contribution in [1.29, 1.82) is 0 Å². The molecular formula is C17H26N2O2. The first-order chi connectivity index (χ1) is 10.2. The van der Waals surface area contributed by atoms with Crippen LogP contribution in [0.15, 0.2) is 18.2 Å². The summed E-state index contributed by atoms with van der Waals surface area (Å²) < 4.78 is 10.7. The van der Waals surface area contributed by atoms with Crippen LogP contribution in [0.25, 0.3) is 0 Å². The first-order valence-corrected chi connectivity index (χ1v) is 7.25. The number of hydrogen-bond donors (Lipinski definition) is 1. The van der Waals surface area contributed by atoms with Crippen LogP contribution in [0, 0.1) is 11.8 Å². The molecule has 1 atom stereocenters. The highest BCUT2D eigenvalue weighted by molar-refractivity contribution is 5.44. The molecule has 1 unspecified atom stereocenters. The maximum absolute atomic E-state index is 5.46. The molecule has 1 aromatic rings. The van der Waals surface area contributed by atoms with Gasteiger partial charge in [0.05, 0.1) is 20.3 Å². The van der Waals surface area contributed by atoms with E-state index in [0.29, 0.717) is 19.2 Å². The predicted octanol–water partition coefficient (Wildman–Crippen LogP) is 1.86. The predicted molar refractivity (Wildman–Crippen MR) is 86.3 cm³/mol. The summed E-state index contributed by atoms with van der Waals surface area (Å²) in [4.78, 5) is 2.35. The van der Waals surface area contributed by atoms with Crippen molar-refractivity contribution in [2.24, 2.45) is 5.73 Å². The van der Waals surface area contributed by atoms with Gasteiger partial charge in [-0.15, -0.1) is 0 Å². The van der Waals surface area contributed by atoms with Crippen molar-refractivity contribution in [2.75, 3.05) is 33.9 Å². The molecule has 21 heavy (non-hydrogen) atoms. The van der Waals surface area contributed by atoms with Crippen molar-refractivity contribution in [3.05, 3.63) is 29.3 Å². The Bertz CT molecular complexity index is 491. The molecule has 0 saturated heterocycles. The fourth-order valence-corrected chi connectivity index (χ4v) is 2.28. The normalized spacial score (nSPS) is 11.9. The van der Waals surface area contributed by atoms with Crippen molar-refractivity contribution in [1.82, 2.24) is 4.90 Å². The average Bonchev–Trinajstić information content (AvgIpc) is 2.50. The Labute approximate surface area is 128 Å². The Morgan fingerprint density at radius 2 is 2.10 bits per heavy atom. The maximum Gasteiger partial charge on any atom is 0.123 e. The van der Waals surface area contributed by atoms with Gasteiger partial charge in [0.2, 0.25) is 0 Å². The molecule has 1 aromatic carbocycles. The van der Waals surface area contributed by atoms with Crippen LogP contribution < -0.4 is 10.5 Å². The summed E-state index contributed by atoms with van der Waals surface area (Å²) in [5.41, 5.74) is 7.52. The summed E-state index contributed by atoms with van der Waals surface area (Å²) in [6, 6.07) is 6.34. The molecule has 4 heteroatoms. The number of benzene rings is 1. The Kier molecular flexibility index (Phi) is 7.84. The molecule has 0 aliphatic rings. The van der Waals surface area contributed by atoms with E-state index in [1.165, 1.54) is 0 Å². The fraction of sp³-hybridized carbons (Fsp3) is 0.529. The summed E-state index contributed by atoms with van der Waals surface area (Å²) in [6.45, 7) is 7.15. The molecule has 0 amide bonds. The summed E-state index contributed by atoms with van der Waals surface area (Å²) in [6.07, 6.45) is 0. The first-order valence-electron chi connectivity index (χ1n) is 7.25. The molecule has 2 N–H and O–H groups in total. The zero-order valence-electron chi connectivity index (χ0n) is 13.5. The average molecular weight is 290 g/mol. The third-order valence-electron chi connectivity index (χ3n) is 3.43. The third kappa shape index (κ3) is 5.39. The maximum atomic E-state index is 5.46. The minimum Gasteiger partial charge on any atom is -0.496 e. The van der Waals surface area contributed by atoms with E-state index in [1.54, 1.807) is 14.2 Å². The molecule has 0 spiro atoms. The van der Waals surface area contributed by atoms with Gasteiger partial charge in [-0.3, -0.25) is 4.90 Å². The van der Waals surface area contributed by atoms with Crippen molar-refractivity contribution >= 4 is 0 Å². The van der Waals surface area contributed by atoms with E-state index in [-0.39, 0.29) is 0 Å². The van der Waals surface area contributed by atoms with E-state index in [9.17, 15) is 0 Å². The van der Waals surface area contributed by atoms with Gasteiger partial charge in [-0.2, -0.15) is 0 Å². The second-order valence-corrected chi connectivity index (χ2v) is 4.90. The van der Waals surface area contributed by atoms with E-state index in [2.05, 4.69) is 36.7 Å². The Morgan fingerprint density at radius 3 is 2.67 bits per heavy atom. The van der Waals surface area contributed by atoms with E-state index in [1.807, 2.05) is 12.1 Å². The number of nitrogens with zero attached hydrogens (tertiary/aromatic N) is 1. The molecule has 0 aliphatic heterocycles. The van der Waals surface area contributed by atoms with Crippen molar-refractivity contribution in [2.45, 2.75) is 26.4 Å². The third-order valence-corrected chi connectivity index (χ3v) is 3.43. The quantitative estimate of drug-likeness (QED) is 0.779. The van der Waals surface area contributed by atoms with Gasteiger partial charge >= 0.3 is 0 Å². The summed E-state index contributed by atoms with van der Waals surface area (Å²) >= 11 is 0. The van der Waals surface area contributed by atoms with E-state index in [0.717, 1.165) is 30.0 Å². The molecule has 0 bridgehead atoms. The number of likely N-dealkylation sites (N-methyl/N-ethyl adjacent to an activating group) is 1. The number of methoxy groups -OCH3 is 2. The number of hydrogen-bond acceptors (Lipinski definition) is 4. The fourth-order valence-electron chi connectivity index (χ4n) is 2.28. The van der Waals surface area contributed by atoms with E-state index < -0.39 is 0 Å². The van der Waals surface area contributed by atoms with Gasteiger partial charge in [-0.05, 0) is 31.7 Å². The van der Waals surface area contributed by atoms with Crippen molar-refractivity contribution in [3.63, 3.8) is 0 Å². The molecule has 1 rings (SSSR count). The highest BCUT2D eigenvalue weighted by Gasteiger charge is 2.14. The molecule has 4 nitrogen and oxygen atoms in total. The topological polar surface area (TPSA) is 47.7 Å². The number of rotatable bonds is 7. The summed E-state index contributed by atoms with van der Waals surface area (Å²) in [5.74, 6) is 6.84. The van der Waals surface area contributed by atoms with Crippen LogP contribution in [0.1, 0.15) is 25.0 Å². The van der Waals surface area contributed by atoms with E-state index in [4.69, 9.17) is 15.2 Å². The summed E-state index contributed by atoms with van der Waals surface area (Å²) in [7, 11) is 3.42. The van der Waals surface area contributed by atoms with Crippen molar-refractivity contribution < 1.29 is 9.47 Å². The van der Waals surface area contributed by atoms with Gasteiger partial charge in [-0.25, -0.2) is 0 Å². The zero-order chi connectivity index (χ0) is 15.7. The monoisotopic (exact) mass is 290 g/mol. The van der Waals surface area contributed by atoms with Gasteiger partial charge < -0.3 is 15.2 Å². The van der Waals surface area contributed by atoms with Crippen LogP contribution in [-0.4, -0.2) is 44.9 Å². The van der Waals surface area contributed by atoms with Crippen LogP contribution in [-0.2, 0) is 11.3 Å².